The van der Waals surface area contributed by atoms with Gasteiger partial charge in [-0.25, -0.2) is 4.79 Å². The van der Waals surface area contributed by atoms with Gasteiger partial charge in [0.2, 0.25) is 5.78 Å². The van der Waals surface area contributed by atoms with Crippen molar-refractivity contribution in [2.75, 3.05) is 0 Å². The molecule has 3 saturated carbocycles. The van der Waals surface area contributed by atoms with E-state index in [0.717, 1.165) is 68.6 Å². The summed E-state index contributed by atoms with van der Waals surface area (Å²) in [4.78, 5) is 48.0. The van der Waals surface area contributed by atoms with Crippen LogP contribution in [0.5, 0.6) is 0 Å². The predicted octanol–water partition coefficient (Wildman–Crippen LogP) is 9.69. The smallest absolute Gasteiger partial charge is 0.372 e. The van der Waals surface area contributed by atoms with Gasteiger partial charge in [-0.3, -0.25) is 14.4 Å². The van der Waals surface area contributed by atoms with Gasteiger partial charge in [0, 0.05) is 19.3 Å². The lowest BCUT2D eigenvalue weighted by molar-refractivity contribution is -0.149. The van der Waals surface area contributed by atoms with Crippen molar-refractivity contribution in [3.63, 3.8) is 0 Å². The van der Waals surface area contributed by atoms with E-state index in [4.69, 9.17) is 10.2 Å². The summed E-state index contributed by atoms with van der Waals surface area (Å²) in [6.07, 6.45) is 20.2. The van der Waals surface area contributed by atoms with Crippen LogP contribution in [0.25, 0.3) is 0 Å². The summed E-state index contributed by atoms with van der Waals surface area (Å²) in [6.45, 7) is 12.1. The maximum absolute atomic E-state index is 14.4. The molecule has 2 N–H and O–H groups in total. The highest BCUT2D eigenvalue weighted by molar-refractivity contribution is 6.32. The van der Waals surface area contributed by atoms with Gasteiger partial charge >= 0.3 is 11.9 Å². The zero-order valence-electron chi connectivity index (χ0n) is 29.7. The van der Waals surface area contributed by atoms with Crippen molar-refractivity contribution < 1.29 is 29.4 Å². The summed E-state index contributed by atoms with van der Waals surface area (Å²) in [5.41, 5.74) is 1.43. The molecular weight excluding hydrogens is 576 g/mol. The third kappa shape index (κ3) is 8.17. The van der Waals surface area contributed by atoms with E-state index >= 15 is 0 Å². The number of carbonyl (C=O) groups excluding carboxylic acids is 2. The summed E-state index contributed by atoms with van der Waals surface area (Å²) < 4.78 is 0. The summed E-state index contributed by atoms with van der Waals surface area (Å²) in [6, 6.07) is 0. The standard InChI is InChI=1S/C40H64O6/c1-26(2)12-11-13-27(3)32-20-21-33-31-19-18-30-24-29(25-36(42)40(30,5)34(31)22-23-39(32,33)4)28(14-7-6-8-17-37(43)44)15-9-10-16-35(41)38(45)46/h18,26-29,31-34H,6-17,19-25H2,1-5H3,(H,43,44)(H,45,46)/t27-,28?,29-,31+,32-,33+,34+,39-,40+/m1/s1. The highest BCUT2D eigenvalue weighted by Gasteiger charge is 2.61. The summed E-state index contributed by atoms with van der Waals surface area (Å²) in [5.74, 6) is 2.32. The number of hydrogen-bond acceptors (Lipinski definition) is 4. The van der Waals surface area contributed by atoms with E-state index in [2.05, 4.69) is 40.7 Å². The van der Waals surface area contributed by atoms with Crippen LogP contribution in [0.1, 0.15) is 157 Å². The first kappa shape index (κ1) is 36.8. The summed E-state index contributed by atoms with van der Waals surface area (Å²) in [7, 11) is 0. The van der Waals surface area contributed by atoms with E-state index in [1.165, 1.54) is 50.5 Å². The molecule has 0 spiro atoms. The van der Waals surface area contributed by atoms with E-state index in [1.54, 1.807) is 0 Å². The van der Waals surface area contributed by atoms with Gasteiger partial charge in [0.05, 0.1) is 5.41 Å². The first-order valence-electron chi connectivity index (χ1n) is 19.0. The number of carbonyl (C=O) groups is 4. The Morgan fingerprint density at radius 3 is 2.20 bits per heavy atom. The lowest BCUT2D eigenvalue weighted by Gasteiger charge is -2.58. The fourth-order valence-corrected chi connectivity index (χ4v) is 11.2. The summed E-state index contributed by atoms with van der Waals surface area (Å²) >= 11 is 0. The van der Waals surface area contributed by atoms with Gasteiger partial charge in [0.1, 0.15) is 5.78 Å². The second kappa shape index (κ2) is 15.9. The Kier molecular flexibility index (Phi) is 12.8. The second-order valence-corrected chi connectivity index (χ2v) is 16.9. The number of hydrogen-bond donors (Lipinski definition) is 2. The maximum atomic E-state index is 14.4. The predicted molar refractivity (Wildman–Crippen MR) is 182 cm³/mol. The third-order valence-electron chi connectivity index (χ3n) is 13.8. The monoisotopic (exact) mass is 640 g/mol. The van der Waals surface area contributed by atoms with Crippen LogP contribution in [-0.2, 0) is 19.2 Å². The van der Waals surface area contributed by atoms with Crippen molar-refractivity contribution in [2.45, 2.75) is 157 Å². The topological polar surface area (TPSA) is 109 Å². The van der Waals surface area contributed by atoms with Crippen LogP contribution in [0.4, 0.5) is 0 Å². The number of aliphatic carboxylic acids is 2. The van der Waals surface area contributed by atoms with E-state index in [1.807, 2.05) is 0 Å². The van der Waals surface area contributed by atoms with Gasteiger partial charge in [0.15, 0.2) is 0 Å². The zero-order chi connectivity index (χ0) is 33.6. The molecule has 3 fully saturated rings. The lowest BCUT2D eigenvalue weighted by Crippen LogP contribution is -2.54. The Bertz CT molecular complexity index is 1120. The molecule has 1 unspecified atom stereocenters. The molecule has 260 valence electrons. The number of unbranched alkanes of at least 4 members (excludes halogenated alkanes) is 3. The Balaban J connectivity index is 1.43. The molecule has 0 bridgehead atoms. The minimum Gasteiger partial charge on any atom is -0.481 e. The molecule has 4 aliphatic rings. The van der Waals surface area contributed by atoms with E-state index in [-0.39, 0.29) is 24.2 Å². The quantitative estimate of drug-likeness (QED) is 0.0877. The first-order valence-corrected chi connectivity index (χ1v) is 19.0. The molecule has 0 aromatic rings. The number of fused-ring (bicyclic) bond motifs is 5. The molecule has 0 aromatic heterocycles. The normalized spacial score (nSPS) is 33.5. The molecule has 0 aliphatic heterocycles. The van der Waals surface area contributed by atoms with Gasteiger partial charge in [-0.1, -0.05) is 90.7 Å². The average molecular weight is 641 g/mol. The Morgan fingerprint density at radius 1 is 0.826 bits per heavy atom. The third-order valence-corrected chi connectivity index (χ3v) is 13.8. The first-order chi connectivity index (χ1) is 21.8. The van der Waals surface area contributed by atoms with Crippen molar-refractivity contribution in [1.29, 1.82) is 0 Å². The van der Waals surface area contributed by atoms with Crippen molar-refractivity contribution in [1.82, 2.24) is 0 Å². The number of carboxylic acid groups (broad SMARTS) is 2. The minimum absolute atomic E-state index is 0.0637. The second-order valence-electron chi connectivity index (χ2n) is 16.9. The van der Waals surface area contributed by atoms with Crippen LogP contribution >= 0.6 is 0 Å². The van der Waals surface area contributed by atoms with Crippen molar-refractivity contribution in [2.24, 2.45) is 58.2 Å². The molecule has 46 heavy (non-hydrogen) atoms. The van der Waals surface area contributed by atoms with Gasteiger partial charge in [-0.05, 0) is 111 Å². The van der Waals surface area contributed by atoms with Crippen molar-refractivity contribution in [3.05, 3.63) is 11.6 Å². The average Bonchev–Trinajstić information content (AvgIpc) is 3.35. The maximum Gasteiger partial charge on any atom is 0.372 e. The Hall–Kier alpha value is -1.98. The molecule has 0 aromatic carbocycles. The molecule has 0 saturated heterocycles. The van der Waals surface area contributed by atoms with E-state index in [0.29, 0.717) is 48.2 Å². The fraction of sp³-hybridized carbons (Fsp3) is 0.850. The molecule has 0 amide bonds. The van der Waals surface area contributed by atoms with Crippen LogP contribution < -0.4 is 0 Å². The van der Waals surface area contributed by atoms with Gasteiger partial charge in [-0.15, -0.1) is 0 Å². The highest BCUT2D eigenvalue weighted by atomic mass is 16.4. The van der Waals surface area contributed by atoms with Crippen LogP contribution in [0, 0.1) is 58.2 Å². The molecule has 6 nitrogen and oxygen atoms in total. The largest absolute Gasteiger partial charge is 0.481 e. The Labute approximate surface area is 278 Å². The lowest BCUT2D eigenvalue weighted by atomic mass is 9.46. The van der Waals surface area contributed by atoms with Crippen LogP contribution in [0.2, 0.25) is 0 Å². The van der Waals surface area contributed by atoms with Gasteiger partial charge in [-0.2, -0.15) is 0 Å². The minimum atomic E-state index is -1.36. The highest BCUT2D eigenvalue weighted by Crippen LogP contribution is 2.67. The fourth-order valence-electron chi connectivity index (χ4n) is 11.2. The number of carboxylic acids is 2. The molecule has 6 heteroatoms. The van der Waals surface area contributed by atoms with Gasteiger partial charge < -0.3 is 10.2 Å². The molecular formula is C40H64O6. The molecule has 0 radical (unpaired) electrons. The van der Waals surface area contributed by atoms with Crippen molar-refractivity contribution >= 4 is 23.5 Å². The molecule has 0 heterocycles. The Morgan fingerprint density at radius 2 is 1.52 bits per heavy atom. The molecule has 4 rings (SSSR count). The van der Waals surface area contributed by atoms with Crippen LogP contribution in [-0.4, -0.2) is 33.7 Å². The van der Waals surface area contributed by atoms with Gasteiger partial charge in [0.25, 0.3) is 0 Å². The number of ketones is 2. The van der Waals surface area contributed by atoms with E-state index < -0.39 is 17.7 Å². The summed E-state index contributed by atoms with van der Waals surface area (Å²) in [5, 5.41) is 18.0. The molecule has 4 aliphatic carbocycles. The van der Waals surface area contributed by atoms with E-state index in [9.17, 15) is 19.2 Å². The van der Waals surface area contributed by atoms with Crippen LogP contribution in [0.15, 0.2) is 11.6 Å². The zero-order valence-corrected chi connectivity index (χ0v) is 29.7. The number of rotatable bonds is 18. The number of Topliss-reactive ketones (excluding diaryl/α,β-unsaturated/α-hetero) is 2. The van der Waals surface area contributed by atoms with Crippen molar-refractivity contribution in [3.8, 4) is 0 Å². The molecule has 9 atom stereocenters. The SMILES string of the molecule is CC(C)CCC[C@@H](C)[C@H]1CC[C@H]2[C@@H]3CC=C4C[C@@H](C(CCCCCC(=O)O)CCCCC(=O)C(=O)O)CC(=O)[C@]4(C)[C@H]3CC[C@]12C. The van der Waals surface area contributed by atoms with Crippen LogP contribution in [0.3, 0.4) is 0 Å². The number of allylic oxidation sites excluding steroid dienone is 2.